The summed E-state index contributed by atoms with van der Waals surface area (Å²) in [6.45, 7) is 0.149. The van der Waals surface area contributed by atoms with Gasteiger partial charge in [-0.05, 0) is 66.8 Å². The lowest BCUT2D eigenvalue weighted by atomic mass is 9.92. The molecule has 0 bridgehead atoms. The van der Waals surface area contributed by atoms with Gasteiger partial charge in [-0.25, -0.2) is 8.42 Å². The molecule has 1 fully saturated rings. The summed E-state index contributed by atoms with van der Waals surface area (Å²) in [4.78, 5) is 12.9. The van der Waals surface area contributed by atoms with E-state index in [-0.39, 0.29) is 48.8 Å². The minimum Gasteiger partial charge on any atom is -0.497 e. The molecule has 0 saturated heterocycles. The number of rotatable bonds is 13. The second kappa shape index (κ2) is 13.1. The minimum absolute atomic E-state index is 0.000222. The predicted octanol–water partition coefficient (Wildman–Crippen LogP) is 2.62. The maximum Gasteiger partial charge on any atom is 0.286 e. The molecular weight excluding hydrogens is 520 g/mol. The summed E-state index contributed by atoms with van der Waals surface area (Å²) in [7, 11) is -2.38. The average Bonchev–Trinajstić information content (AvgIpc) is 3.80. The lowest BCUT2D eigenvalue weighted by Gasteiger charge is -2.30. The average molecular weight is 555 g/mol. The smallest absolute Gasteiger partial charge is 0.286 e. The Morgan fingerprint density at radius 3 is 2.49 bits per heavy atom. The highest BCUT2D eigenvalue weighted by Crippen LogP contribution is 2.32. The Morgan fingerprint density at radius 2 is 1.87 bits per heavy atom. The molecule has 1 heterocycles. The van der Waals surface area contributed by atoms with E-state index in [1.54, 1.807) is 18.2 Å². The number of allylic oxidation sites excluding steroid dienone is 1. The maximum atomic E-state index is 13.2. The first-order valence-corrected chi connectivity index (χ1v) is 14.4. The molecular formula is C29H34N2O7S. The largest absolute Gasteiger partial charge is 0.497 e. The molecule has 2 atom stereocenters. The summed E-state index contributed by atoms with van der Waals surface area (Å²) < 4.78 is 44.5. The highest BCUT2D eigenvalue weighted by atomic mass is 32.2. The van der Waals surface area contributed by atoms with Gasteiger partial charge in [0.25, 0.3) is 5.91 Å². The summed E-state index contributed by atoms with van der Waals surface area (Å²) in [5.41, 5.74) is 1.72. The summed E-state index contributed by atoms with van der Waals surface area (Å²) in [6.07, 6.45) is 9.16. The first-order chi connectivity index (χ1) is 18.8. The van der Waals surface area contributed by atoms with Gasteiger partial charge in [-0.15, -0.1) is 6.42 Å². The van der Waals surface area contributed by atoms with Gasteiger partial charge < -0.3 is 24.6 Å². The number of carbonyl (C=O) groups is 1. The fourth-order valence-corrected chi connectivity index (χ4v) is 5.68. The molecule has 2 N–H and O–H groups in total. The summed E-state index contributed by atoms with van der Waals surface area (Å²) in [5, 5.41) is 12.4. The molecule has 9 nitrogen and oxygen atoms in total. The van der Waals surface area contributed by atoms with Crippen molar-refractivity contribution in [2.24, 2.45) is 5.92 Å². The zero-order chi connectivity index (χ0) is 27.8. The second-order valence-corrected chi connectivity index (χ2v) is 11.5. The normalized spacial score (nSPS) is 19.1. The van der Waals surface area contributed by atoms with Crippen molar-refractivity contribution in [3.05, 3.63) is 71.5 Å². The number of methoxy groups -OCH3 is 1. The van der Waals surface area contributed by atoms with Gasteiger partial charge in [0.15, 0.2) is 5.76 Å². The number of nitrogens with zero attached hydrogens (tertiary/aromatic N) is 1. The van der Waals surface area contributed by atoms with Crippen LogP contribution in [0.2, 0.25) is 0 Å². The molecule has 4 rings (SSSR count). The van der Waals surface area contributed by atoms with Gasteiger partial charge in [-0.1, -0.05) is 18.1 Å². The topological polar surface area (TPSA) is 114 Å². The number of amides is 1. The van der Waals surface area contributed by atoms with E-state index in [9.17, 15) is 18.3 Å². The van der Waals surface area contributed by atoms with Crippen molar-refractivity contribution >= 4 is 15.9 Å². The van der Waals surface area contributed by atoms with E-state index in [0.717, 1.165) is 28.3 Å². The Hall–Kier alpha value is -3.36. The van der Waals surface area contributed by atoms with Gasteiger partial charge in [0.1, 0.15) is 5.75 Å². The molecule has 2 aliphatic rings. The molecule has 2 aromatic carbocycles. The summed E-state index contributed by atoms with van der Waals surface area (Å²) >= 11 is 0. The van der Waals surface area contributed by atoms with Crippen LogP contribution >= 0.6 is 0 Å². The van der Waals surface area contributed by atoms with Crippen LogP contribution in [0.25, 0.3) is 0 Å². The SMILES string of the molecule is C#Cc1ccc([C@H]2C=C(C(=O)NCC3CC3)O[C@@H](OCCN(CCO)S(=O)(=O)c3ccc(OC)cc3)C2)cc1. The van der Waals surface area contributed by atoms with Gasteiger partial charge in [0, 0.05) is 37.5 Å². The lowest BCUT2D eigenvalue weighted by molar-refractivity contribution is -0.146. The van der Waals surface area contributed by atoms with Crippen LogP contribution < -0.4 is 10.1 Å². The van der Waals surface area contributed by atoms with E-state index in [0.29, 0.717) is 24.6 Å². The molecule has 39 heavy (non-hydrogen) atoms. The molecule has 10 heteroatoms. The maximum absolute atomic E-state index is 13.2. The van der Waals surface area contributed by atoms with Crippen LogP contribution in [0.5, 0.6) is 5.75 Å². The van der Waals surface area contributed by atoms with Crippen LogP contribution in [0.1, 0.15) is 36.3 Å². The lowest BCUT2D eigenvalue weighted by Crippen LogP contribution is -2.38. The van der Waals surface area contributed by atoms with Crippen molar-refractivity contribution in [3.63, 3.8) is 0 Å². The number of hydrogen-bond donors (Lipinski definition) is 2. The van der Waals surface area contributed by atoms with Gasteiger partial charge in [0.05, 0.1) is 25.2 Å². The van der Waals surface area contributed by atoms with E-state index in [2.05, 4.69) is 11.2 Å². The van der Waals surface area contributed by atoms with Crippen molar-refractivity contribution in [3.8, 4) is 18.1 Å². The number of terminal acetylenes is 1. The zero-order valence-corrected chi connectivity index (χ0v) is 22.7. The fourth-order valence-electron chi connectivity index (χ4n) is 4.27. The number of benzene rings is 2. The first-order valence-electron chi connectivity index (χ1n) is 12.9. The van der Waals surface area contributed by atoms with Crippen molar-refractivity contribution in [1.82, 2.24) is 9.62 Å². The van der Waals surface area contributed by atoms with Gasteiger partial charge in [-0.3, -0.25) is 4.79 Å². The van der Waals surface area contributed by atoms with Crippen molar-refractivity contribution < 1.29 is 32.5 Å². The van der Waals surface area contributed by atoms with Crippen LogP contribution in [-0.2, 0) is 24.3 Å². The molecule has 1 saturated carbocycles. The molecule has 0 radical (unpaired) electrons. The Balaban J connectivity index is 1.43. The third-order valence-electron chi connectivity index (χ3n) is 6.73. The van der Waals surface area contributed by atoms with E-state index in [1.807, 2.05) is 24.3 Å². The first kappa shape index (κ1) is 28.6. The Bertz CT molecular complexity index is 1300. The predicted molar refractivity (Wildman–Crippen MR) is 145 cm³/mol. The van der Waals surface area contributed by atoms with Crippen LogP contribution in [0.3, 0.4) is 0 Å². The Kier molecular flexibility index (Phi) is 9.64. The number of nitrogens with one attached hydrogen (secondary N) is 1. The van der Waals surface area contributed by atoms with Crippen molar-refractivity contribution in [2.45, 2.75) is 36.4 Å². The zero-order valence-electron chi connectivity index (χ0n) is 21.9. The van der Waals surface area contributed by atoms with E-state index in [1.165, 1.54) is 19.2 Å². The quantitative estimate of drug-likeness (QED) is 0.366. The van der Waals surface area contributed by atoms with E-state index < -0.39 is 16.3 Å². The molecule has 0 unspecified atom stereocenters. The van der Waals surface area contributed by atoms with Gasteiger partial charge in [-0.2, -0.15) is 4.31 Å². The number of ether oxygens (including phenoxy) is 3. The van der Waals surface area contributed by atoms with Crippen LogP contribution in [0.4, 0.5) is 0 Å². The molecule has 208 valence electrons. The third-order valence-corrected chi connectivity index (χ3v) is 8.64. The third kappa shape index (κ3) is 7.61. The molecule has 1 aliphatic heterocycles. The molecule has 0 spiro atoms. The second-order valence-electron chi connectivity index (χ2n) is 9.51. The van der Waals surface area contributed by atoms with Crippen LogP contribution in [-0.4, -0.2) is 70.0 Å². The van der Waals surface area contributed by atoms with Crippen molar-refractivity contribution in [2.75, 3.05) is 40.0 Å². The molecule has 1 aliphatic carbocycles. The standard InChI is InChI=1S/C29H34N2O7S/c1-3-21-6-8-23(9-7-21)24-18-27(29(33)30-20-22-4-5-22)38-28(19-24)37-17-15-31(14-16-32)39(34,35)26-12-10-25(36-2)11-13-26/h1,6-13,18,22,24,28,32H,4-5,14-17,19-20H2,2H3,(H,30,33)/t24-,28+/m0/s1. The number of aliphatic hydroxyl groups is 1. The summed E-state index contributed by atoms with van der Waals surface area (Å²) in [6, 6.07) is 13.6. The Labute approximate surface area is 229 Å². The molecule has 1 amide bonds. The van der Waals surface area contributed by atoms with E-state index in [4.69, 9.17) is 20.6 Å². The monoisotopic (exact) mass is 554 g/mol. The van der Waals surface area contributed by atoms with Gasteiger partial charge >= 0.3 is 0 Å². The van der Waals surface area contributed by atoms with E-state index >= 15 is 0 Å². The number of hydrogen-bond acceptors (Lipinski definition) is 7. The molecule has 0 aromatic heterocycles. The molecule has 2 aromatic rings. The number of sulfonamides is 1. The number of aliphatic hydroxyl groups excluding tert-OH is 1. The van der Waals surface area contributed by atoms with Gasteiger partial charge in [0.2, 0.25) is 16.3 Å². The minimum atomic E-state index is -3.88. The highest BCUT2D eigenvalue weighted by molar-refractivity contribution is 7.89. The summed E-state index contributed by atoms with van der Waals surface area (Å²) in [5.74, 6) is 3.37. The number of carbonyl (C=O) groups excluding carboxylic acids is 1. The Morgan fingerprint density at radius 1 is 1.15 bits per heavy atom. The van der Waals surface area contributed by atoms with Crippen LogP contribution in [0, 0.1) is 18.3 Å². The fraction of sp³-hybridized carbons (Fsp3) is 0.414. The van der Waals surface area contributed by atoms with Crippen LogP contribution in [0.15, 0.2) is 65.3 Å². The highest BCUT2D eigenvalue weighted by Gasteiger charge is 2.31. The van der Waals surface area contributed by atoms with Crippen molar-refractivity contribution in [1.29, 1.82) is 0 Å².